The van der Waals surface area contributed by atoms with Gasteiger partial charge in [-0.3, -0.25) is 4.79 Å². The lowest BCUT2D eigenvalue weighted by Gasteiger charge is -2.24. The third-order valence-corrected chi connectivity index (χ3v) is 1.96. The average molecular weight is 143 g/mol. The van der Waals surface area contributed by atoms with Crippen LogP contribution in [0.25, 0.3) is 0 Å². The maximum absolute atomic E-state index is 10.4. The summed E-state index contributed by atoms with van der Waals surface area (Å²) in [7, 11) is 0. The van der Waals surface area contributed by atoms with Crippen molar-refractivity contribution in [3.63, 3.8) is 0 Å². The molecule has 3 heteroatoms. The molecule has 0 radical (unpaired) electrons. The number of carboxylic acids is 1. The largest absolute Gasteiger partial charge is 0.480 e. The molecule has 0 aliphatic carbocycles. The number of piperidine rings is 1. The summed E-state index contributed by atoms with van der Waals surface area (Å²) in [6.45, 7) is 2.94. The Kier molecular flexibility index (Phi) is 2.27. The van der Waals surface area contributed by atoms with Gasteiger partial charge in [-0.15, -0.1) is 0 Å². The van der Waals surface area contributed by atoms with Gasteiger partial charge in [-0.05, 0) is 25.3 Å². The maximum Gasteiger partial charge on any atom is 0.320 e. The Morgan fingerprint density at radius 2 is 2.40 bits per heavy atom. The van der Waals surface area contributed by atoms with Crippen molar-refractivity contribution in [3.05, 3.63) is 0 Å². The Bertz CT molecular complexity index is 136. The fraction of sp³-hybridized carbons (Fsp3) is 0.857. The number of carboxylic acid groups (broad SMARTS) is 1. The van der Waals surface area contributed by atoms with E-state index in [0.29, 0.717) is 5.92 Å². The van der Waals surface area contributed by atoms with E-state index >= 15 is 0 Å². The van der Waals surface area contributed by atoms with E-state index in [1.807, 2.05) is 0 Å². The SMILES string of the molecule is C[C@@H]1CCNC(C(=O)O)C1. The van der Waals surface area contributed by atoms with E-state index in [1.54, 1.807) is 0 Å². The van der Waals surface area contributed by atoms with E-state index in [1.165, 1.54) is 0 Å². The van der Waals surface area contributed by atoms with Gasteiger partial charge in [-0.1, -0.05) is 6.92 Å². The van der Waals surface area contributed by atoms with Gasteiger partial charge in [0.15, 0.2) is 0 Å². The minimum absolute atomic E-state index is 0.302. The molecule has 2 N–H and O–H groups in total. The third-order valence-electron chi connectivity index (χ3n) is 1.96. The first-order chi connectivity index (χ1) is 4.70. The smallest absolute Gasteiger partial charge is 0.320 e. The van der Waals surface area contributed by atoms with Crippen LogP contribution < -0.4 is 5.32 Å². The van der Waals surface area contributed by atoms with Crippen LogP contribution >= 0.6 is 0 Å². The third kappa shape index (κ3) is 1.70. The molecule has 0 bridgehead atoms. The molecule has 0 aromatic carbocycles. The number of hydrogen-bond donors (Lipinski definition) is 2. The number of rotatable bonds is 1. The first-order valence-corrected chi connectivity index (χ1v) is 3.66. The van der Waals surface area contributed by atoms with E-state index in [4.69, 9.17) is 5.11 Å². The molecule has 1 heterocycles. The zero-order chi connectivity index (χ0) is 7.56. The Labute approximate surface area is 60.4 Å². The Morgan fingerprint density at radius 3 is 2.80 bits per heavy atom. The lowest BCUT2D eigenvalue weighted by Crippen LogP contribution is -2.42. The highest BCUT2D eigenvalue weighted by Gasteiger charge is 2.23. The average Bonchev–Trinajstić information content (AvgIpc) is 1.88. The van der Waals surface area contributed by atoms with Gasteiger partial charge in [0.25, 0.3) is 0 Å². The molecule has 0 amide bonds. The predicted molar refractivity (Wildman–Crippen MR) is 37.8 cm³/mol. The van der Waals surface area contributed by atoms with E-state index in [2.05, 4.69) is 12.2 Å². The molecule has 0 aromatic rings. The van der Waals surface area contributed by atoms with Crippen LogP contribution in [-0.2, 0) is 4.79 Å². The van der Waals surface area contributed by atoms with Crippen molar-refractivity contribution in [1.82, 2.24) is 5.32 Å². The van der Waals surface area contributed by atoms with Crippen LogP contribution in [-0.4, -0.2) is 23.7 Å². The van der Waals surface area contributed by atoms with Crippen molar-refractivity contribution < 1.29 is 9.90 Å². The summed E-state index contributed by atoms with van der Waals surface area (Å²) < 4.78 is 0. The Morgan fingerprint density at radius 1 is 1.70 bits per heavy atom. The van der Waals surface area contributed by atoms with Crippen molar-refractivity contribution in [2.75, 3.05) is 6.54 Å². The summed E-state index contributed by atoms with van der Waals surface area (Å²) in [4.78, 5) is 10.4. The van der Waals surface area contributed by atoms with E-state index < -0.39 is 5.97 Å². The summed E-state index contributed by atoms with van der Waals surface area (Å²) in [5.74, 6) is -0.158. The van der Waals surface area contributed by atoms with Crippen LogP contribution in [0, 0.1) is 5.92 Å². The Hall–Kier alpha value is -0.570. The van der Waals surface area contributed by atoms with Gasteiger partial charge in [0.1, 0.15) is 6.04 Å². The normalized spacial score (nSPS) is 33.7. The number of carbonyl (C=O) groups is 1. The van der Waals surface area contributed by atoms with Crippen molar-refractivity contribution in [1.29, 1.82) is 0 Å². The minimum atomic E-state index is -0.716. The monoisotopic (exact) mass is 143 g/mol. The van der Waals surface area contributed by atoms with Crippen LogP contribution in [0.3, 0.4) is 0 Å². The molecular formula is C7H13NO2. The molecule has 3 nitrogen and oxygen atoms in total. The van der Waals surface area contributed by atoms with Crippen molar-refractivity contribution in [3.8, 4) is 0 Å². The minimum Gasteiger partial charge on any atom is -0.480 e. The van der Waals surface area contributed by atoms with E-state index in [-0.39, 0.29) is 6.04 Å². The summed E-state index contributed by atoms with van der Waals surface area (Å²) in [5, 5.41) is 11.5. The summed E-state index contributed by atoms with van der Waals surface area (Å²) in [5.41, 5.74) is 0. The topological polar surface area (TPSA) is 49.3 Å². The number of aliphatic carboxylic acids is 1. The standard InChI is InChI=1S/C7H13NO2/c1-5-2-3-8-6(4-5)7(9)10/h5-6,8H,2-4H2,1H3,(H,9,10)/t5-,6?/m1/s1. The fourth-order valence-corrected chi connectivity index (χ4v) is 1.30. The molecule has 1 saturated heterocycles. The van der Waals surface area contributed by atoms with Gasteiger partial charge in [-0.25, -0.2) is 0 Å². The van der Waals surface area contributed by atoms with Gasteiger partial charge < -0.3 is 10.4 Å². The maximum atomic E-state index is 10.4. The number of hydrogen-bond acceptors (Lipinski definition) is 2. The molecule has 10 heavy (non-hydrogen) atoms. The molecular weight excluding hydrogens is 130 g/mol. The quantitative estimate of drug-likeness (QED) is 0.560. The number of nitrogens with one attached hydrogen (secondary N) is 1. The molecule has 0 aromatic heterocycles. The summed E-state index contributed by atoms with van der Waals surface area (Å²) in [6, 6.07) is -0.302. The second kappa shape index (κ2) is 3.01. The second-order valence-corrected chi connectivity index (χ2v) is 2.97. The van der Waals surface area contributed by atoms with Crippen molar-refractivity contribution in [2.24, 2.45) is 5.92 Å². The van der Waals surface area contributed by atoms with E-state index in [9.17, 15) is 4.79 Å². The lowest BCUT2D eigenvalue weighted by atomic mass is 9.94. The lowest BCUT2D eigenvalue weighted by molar-refractivity contribution is -0.140. The molecule has 2 atom stereocenters. The Balaban J connectivity index is 2.39. The van der Waals surface area contributed by atoms with E-state index in [0.717, 1.165) is 19.4 Å². The van der Waals surface area contributed by atoms with Crippen LogP contribution in [0.1, 0.15) is 19.8 Å². The zero-order valence-corrected chi connectivity index (χ0v) is 6.13. The molecule has 1 aliphatic heterocycles. The summed E-state index contributed by atoms with van der Waals surface area (Å²) >= 11 is 0. The molecule has 58 valence electrons. The fourth-order valence-electron chi connectivity index (χ4n) is 1.30. The van der Waals surface area contributed by atoms with Crippen LogP contribution in [0.15, 0.2) is 0 Å². The highest BCUT2D eigenvalue weighted by Crippen LogP contribution is 2.14. The molecule has 1 rings (SSSR count). The van der Waals surface area contributed by atoms with Gasteiger partial charge in [0.2, 0.25) is 0 Å². The van der Waals surface area contributed by atoms with Crippen LogP contribution in [0.5, 0.6) is 0 Å². The van der Waals surface area contributed by atoms with Gasteiger partial charge >= 0.3 is 5.97 Å². The molecule has 1 aliphatic rings. The van der Waals surface area contributed by atoms with Gasteiger partial charge in [0, 0.05) is 0 Å². The predicted octanol–water partition coefficient (Wildman–Crippen LogP) is 0.459. The van der Waals surface area contributed by atoms with Crippen molar-refractivity contribution in [2.45, 2.75) is 25.8 Å². The molecule has 0 spiro atoms. The van der Waals surface area contributed by atoms with Crippen LogP contribution in [0.2, 0.25) is 0 Å². The molecule has 1 unspecified atom stereocenters. The molecule has 0 saturated carbocycles. The molecule has 1 fully saturated rings. The van der Waals surface area contributed by atoms with Crippen LogP contribution in [0.4, 0.5) is 0 Å². The first-order valence-electron chi connectivity index (χ1n) is 3.66. The first kappa shape index (κ1) is 7.54. The van der Waals surface area contributed by atoms with Gasteiger partial charge in [0.05, 0.1) is 0 Å². The highest BCUT2D eigenvalue weighted by molar-refractivity contribution is 5.73. The van der Waals surface area contributed by atoms with Crippen molar-refractivity contribution >= 4 is 5.97 Å². The van der Waals surface area contributed by atoms with Gasteiger partial charge in [-0.2, -0.15) is 0 Å². The highest BCUT2D eigenvalue weighted by atomic mass is 16.4. The second-order valence-electron chi connectivity index (χ2n) is 2.97. The summed E-state index contributed by atoms with van der Waals surface area (Å²) in [6.07, 6.45) is 1.87. The zero-order valence-electron chi connectivity index (χ0n) is 6.13.